The van der Waals surface area contributed by atoms with Gasteiger partial charge in [0.2, 0.25) is 0 Å². The molecule has 8 heteroatoms. The van der Waals surface area contributed by atoms with Gasteiger partial charge in [-0.05, 0) is 37.5 Å². The highest BCUT2D eigenvalue weighted by molar-refractivity contribution is 7.86. The van der Waals surface area contributed by atoms with Crippen molar-refractivity contribution >= 4 is 21.8 Å². The van der Waals surface area contributed by atoms with Crippen LogP contribution < -0.4 is 5.73 Å². The van der Waals surface area contributed by atoms with E-state index in [2.05, 4.69) is 0 Å². The molecule has 1 aliphatic carbocycles. The molecule has 0 atom stereocenters. The molecule has 0 bridgehead atoms. The Kier molecular flexibility index (Phi) is 6.08. The molecule has 7 nitrogen and oxygen atoms in total. The normalized spacial score (nSPS) is 20.2. The molecule has 2 aliphatic rings. The molecule has 1 aliphatic heterocycles. The summed E-state index contributed by atoms with van der Waals surface area (Å²) in [6, 6.07) is 5.40. The van der Waals surface area contributed by atoms with Gasteiger partial charge >= 0.3 is 0 Å². The first-order valence-corrected chi connectivity index (χ1v) is 11.1. The lowest BCUT2D eigenvalue weighted by atomic mass is 9.96. The lowest BCUT2D eigenvalue weighted by molar-refractivity contribution is 0.0692. The summed E-state index contributed by atoms with van der Waals surface area (Å²) in [6.45, 7) is 3.32. The summed E-state index contributed by atoms with van der Waals surface area (Å²) in [5.74, 6) is -0.0857. The van der Waals surface area contributed by atoms with E-state index >= 15 is 0 Å². The Morgan fingerprint density at radius 1 is 1.11 bits per heavy atom. The number of hydrogen-bond acceptors (Lipinski definition) is 4. The van der Waals surface area contributed by atoms with Crippen LogP contribution in [0.4, 0.5) is 5.69 Å². The summed E-state index contributed by atoms with van der Waals surface area (Å²) in [5, 5.41) is 0. The van der Waals surface area contributed by atoms with Crippen LogP contribution in [-0.2, 0) is 10.2 Å². The van der Waals surface area contributed by atoms with Gasteiger partial charge in [-0.3, -0.25) is 4.79 Å². The van der Waals surface area contributed by atoms with Crippen molar-refractivity contribution in [3.63, 3.8) is 0 Å². The summed E-state index contributed by atoms with van der Waals surface area (Å²) in [6.07, 6.45) is 5.24. The molecule has 2 fully saturated rings. The Bertz CT molecular complexity index is 782. The zero-order valence-corrected chi connectivity index (χ0v) is 17.0. The van der Waals surface area contributed by atoms with Gasteiger partial charge in [0.05, 0.1) is 0 Å². The fraction of sp³-hybridized carbons (Fsp3) is 0.632. The molecule has 1 saturated carbocycles. The summed E-state index contributed by atoms with van der Waals surface area (Å²) >= 11 is 0. The number of nitrogens with zero attached hydrogens (tertiary/aromatic N) is 3. The minimum Gasteiger partial charge on any atom is -0.399 e. The Hall–Kier alpha value is -1.64. The van der Waals surface area contributed by atoms with Gasteiger partial charge in [-0.2, -0.15) is 17.0 Å². The molecule has 3 rings (SSSR count). The Balaban J connectivity index is 1.64. The average molecular weight is 395 g/mol. The number of hydrogen-bond donors (Lipinski definition) is 1. The maximum atomic E-state index is 13.0. The van der Waals surface area contributed by atoms with Crippen LogP contribution in [-0.4, -0.2) is 67.1 Å². The van der Waals surface area contributed by atoms with Crippen LogP contribution >= 0.6 is 0 Å². The number of aryl methyl sites for hydroxylation is 1. The molecule has 0 unspecified atom stereocenters. The molecule has 1 saturated heterocycles. The average Bonchev–Trinajstić information content (AvgIpc) is 2.69. The van der Waals surface area contributed by atoms with E-state index in [0.717, 1.165) is 31.2 Å². The number of piperazine rings is 1. The van der Waals surface area contributed by atoms with Crippen molar-refractivity contribution in [2.75, 3.05) is 39.0 Å². The second kappa shape index (κ2) is 8.16. The van der Waals surface area contributed by atoms with Crippen LogP contribution in [0.25, 0.3) is 0 Å². The smallest absolute Gasteiger partial charge is 0.282 e. The zero-order valence-electron chi connectivity index (χ0n) is 16.2. The van der Waals surface area contributed by atoms with E-state index in [0.29, 0.717) is 37.4 Å². The highest BCUT2D eigenvalue weighted by Crippen LogP contribution is 2.25. The topological polar surface area (TPSA) is 87.0 Å². The van der Waals surface area contributed by atoms with Gasteiger partial charge in [-0.25, -0.2) is 0 Å². The lowest BCUT2D eigenvalue weighted by Crippen LogP contribution is -2.55. The predicted octanol–water partition coefficient (Wildman–Crippen LogP) is 1.84. The third-order valence-corrected chi connectivity index (χ3v) is 7.84. The highest BCUT2D eigenvalue weighted by Gasteiger charge is 2.35. The molecule has 150 valence electrons. The van der Waals surface area contributed by atoms with Gasteiger partial charge in [-0.15, -0.1) is 0 Å². The van der Waals surface area contributed by atoms with Crippen molar-refractivity contribution in [2.45, 2.75) is 45.1 Å². The minimum atomic E-state index is -3.48. The van der Waals surface area contributed by atoms with Crippen molar-refractivity contribution in [3.05, 3.63) is 29.3 Å². The largest absolute Gasteiger partial charge is 0.399 e. The lowest BCUT2D eigenvalue weighted by Gasteiger charge is -2.38. The summed E-state index contributed by atoms with van der Waals surface area (Å²) < 4.78 is 29.0. The van der Waals surface area contributed by atoms with Crippen molar-refractivity contribution in [1.82, 2.24) is 13.5 Å². The van der Waals surface area contributed by atoms with Crippen LogP contribution in [0.15, 0.2) is 18.2 Å². The quantitative estimate of drug-likeness (QED) is 0.790. The third-order valence-electron chi connectivity index (χ3n) is 5.80. The second-order valence-electron chi connectivity index (χ2n) is 7.58. The van der Waals surface area contributed by atoms with E-state index in [1.807, 2.05) is 13.0 Å². The number of benzene rings is 1. The zero-order chi connectivity index (χ0) is 19.6. The van der Waals surface area contributed by atoms with Crippen molar-refractivity contribution in [1.29, 1.82) is 0 Å². The number of carbonyl (C=O) groups is 1. The fourth-order valence-electron chi connectivity index (χ4n) is 3.98. The van der Waals surface area contributed by atoms with E-state index < -0.39 is 10.2 Å². The van der Waals surface area contributed by atoms with Gasteiger partial charge in [0, 0.05) is 50.5 Å². The molecule has 1 amide bonds. The minimum absolute atomic E-state index is 0.0857. The first-order valence-electron chi connectivity index (χ1n) is 9.69. The second-order valence-corrected chi connectivity index (χ2v) is 9.57. The number of nitrogen functional groups attached to an aromatic ring is 1. The number of carbonyl (C=O) groups excluding carboxylic acids is 1. The summed E-state index contributed by atoms with van der Waals surface area (Å²) in [7, 11) is -1.79. The van der Waals surface area contributed by atoms with E-state index in [-0.39, 0.29) is 11.9 Å². The van der Waals surface area contributed by atoms with Gasteiger partial charge < -0.3 is 10.6 Å². The maximum Gasteiger partial charge on any atom is 0.282 e. The molecule has 27 heavy (non-hydrogen) atoms. The molecule has 0 radical (unpaired) electrons. The third kappa shape index (κ3) is 4.28. The maximum absolute atomic E-state index is 13.0. The van der Waals surface area contributed by atoms with Crippen LogP contribution in [0, 0.1) is 6.92 Å². The standard InChI is InChI=1S/C19H30N4O3S/c1-15-8-9-16(20)14-18(15)19(24)22-10-12-23(13-11-22)27(25,26)21(2)17-6-4-3-5-7-17/h8-9,14,17H,3-7,10-13,20H2,1-2H3. The van der Waals surface area contributed by atoms with Gasteiger partial charge in [0.1, 0.15) is 0 Å². The SMILES string of the molecule is Cc1ccc(N)cc1C(=O)N1CCN(S(=O)(=O)N(C)C2CCCCC2)CC1. The van der Waals surface area contributed by atoms with E-state index in [4.69, 9.17) is 5.73 Å². The molecular formula is C19H30N4O3S. The van der Waals surface area contributed by atoms with E-state index in [9.17, 15) is 13.2 Å². The van der Waals surface area contributed by atoms with Crippen LogP contribution in [0.2, 0.25) is 0 Å². The Morgan fingerprint density at radius 3 is 2.37 bits per heavy atom. The van der Waals surface area contributed by atoms with Gasteiger partial charge in [0.15, 0.2) is 0 Å². The number of anilines is 1. The van der Waals surface area contributed by atoms with Crippen LogP contribution in [0.5, 0.6) is 0 Å². The van der Waals surface area contributed by atoms with Crippen LogP contribution in [0.3, 0.4) is 0 Å². The molecular weight excluding hydrogens is 364 g/mol. The van der Waals surface area contributed by atoms with Crippen molar-refractivity contribution in [2.24, 2.45) is 0 Å². The first-order chi connectivity index (χ1) is 12.8. The van der Waals surface area contributed by atoms with Gasteiger partial charge in [-0.1, -0.05) is 25.3 Å². The summed E-state index contributed by atoms with van der Waals surface area (Å²) in [4.78, 5) is 14.5. The first kappa shape index (κ1) is 20.1. The molecule has 0 aromatic heterocycles. The van der Waals surface area contributed by atoms with E-state index in [1.165, 1.54) is 10.7 Å². The van der Waals surface area contributed by atoms with E-state index in [1.54, 1.807) is 28.4 Å². The fourth-order valence-corrected chi connectivity index (χ4v) is 5.55. The monoisotopic (exact) mass is 394 g/mol. The van der Waals surface area contributed by atoms with Crippen molar-refractivity contribution in [3.8, 4) is 0 Å². The molecule has 0 spiro atoms. The molecule has 1 heterocycles. The molecule has 1 aromatic carbocycles. The van der Waals surface area contributed by atoms with Gasteiger partial charge in [0.25, 0.3) is 16.1 Å². The highest BCUT2D eigenvalue weighted by atomic mass is 32.2. The Morgan fingerprint density at radius 2 is 1.74 bits per heavy atom. The van der Waals surface area contributed by atoms with Crippen molar-refractivity contribution < 1.29 is 13.2 Å². The number of nitrogens with two attached hydrogens (primary N) is 1. The number of amides is 1. The predicted molar refractivity (Wildman–Crippen MR) is 107 cm³/mol. The molecule has 1 aromatic rings. The van der Waals surface area contributed by atoms with Crippen LogP contribution in [0.1, 0.15) is 48.0 Å². The Labute approximate surface area is 162 Å². The molecule has 2 N–H and O–H groups in total. The number of rotatable bonds is 4. The summed E-state index contributed by atoms with van der Waals surface area (Å²) in [5.41, 5.74) is 7.83.